The fourth-order valence-corrected chi connectivity index (χ4v) is 4.64. The third-order valence-corrected chi connectivity index (χ3v) is 5.76. The van der Waals surface area contributed by atoms with Gasteiger partial charge in [-0.1, -0.05) is 53.0 Å². The lowest BCUT2D eigenvalue weighted by atomic mass is 9.77. The molecular weight excluding hydrogens is 383 g/mol. The summed E-state index contributed by atoms with van der Waals surface area (Å²) in [5, 5.41) is 16.0. The number of nitro groups is 1. The zero-order valence-electron chi connectivity index (χ0n) is 12.9. The molecule has 0 fully saturated rings. The minimum absolute atomic E-state index is 0.0848. The van der Waals surface area contributed by atoms with Crippen molar-refractivity contribution in [1.29, 1.82) is 0 Å². The number of benzene rings is 2. The normalized spacial score (nSPS) is 23.7. The Hall–Kier alpha value is -1.75. The van der Waals surface area contributed by atoms with Crippen LogP contribution in [0, 0.1) is 16.0 Å². The van der Waals surface area contributed by atoms with Crippen LogP contribution in [0.1, 0.15) is 29.5 Å². The SMILES string of the molecule is O=[N+]([O-])c1cc([C@@H]2Nc3cc(Cl)cc(Cl)c3[C@H]3C=CC[C@@H]32)ccc1Cl. The Morgan fingerprint density at radius 1 is 1.12 bits per heavy atom. The first-order valence-electron chi connectivity index (χ1n) is 7.81. The molecule has 0 bridgehead atoms. The number of nitrogens with zero attached hydrogens (tertiary/aromatic N) is 1. The van der Waals surface area contributed by atoms with Crippen LogP contribution in [0.3, 0.4) is 0 Å². The van der Waals surface area contributed by atoms with E-state index in [4.69, 9.17) is 34.8 Å². The molecule has 2 aliphatic rings. The standard InChI is InChI=1S/C18H13Cl3N2O2/c19-10-7-14(21)17-11-2-1-3-12(11)18(22-15(17)8-10)9-4-5-13(20)16(6-9)23(24)25/h1-2,4-8,11-12,18,22H,3H2/t11-,12-,18-/m0/s1. The summed E-state index contributed by atoms with van der Waals surface area (Å²) >= 11 is 18.5. The first-order chi connectivity index (χ1) is 12.0. The molecule has 0 saturated heterocycles. The summed E-state index contributed by atoms with van der Waals surface area (Å²) in [6, 6.07) is 8.47. The van der Waals surface area contributed by atoms with E-state index in [-0.39, 0.29) is 28.6 Å². The average Bonchev–Trinajstić information content (AvgIpc) is 3.03. The van der Waals surface area contributed by atoms with Gasteiger partial charge in [-0.25, -0.2) is 0 Å². The molecule has 0 saturated carbocycles. The van der Waals surface area contributed by atoms with Crippen LogP contribution in [0.25, 0.3) is 0 Å². The van der Waals surface area contributed by atoms with Gasteiger partial charge in [-0.3, -0.25) is 10.1 Å². The highest BCUT2D eigenvalue weighted by Crippen LogP contribution is 2.52. The minimum Gasteiger partial charge on any atom is -0.378 e. The minimum atomic E-state index is -0.458. The molecule has 25 heavy (non-hydrogen) atoms. The van der Waals surface area contributed by atoms with Gasteiger partial charge < -0.3 is 5.32 Å². The lowest BCUT2D eigenvalue weighted by Gasteiger charge is -2.38. The van der Waals surface area contributed by atoms with Crippen molar-refractivity contribution in [2.24, 2.45) is 5.92 Å². The number of rotatable bonds is 2. The van der Waals surface area contributed by atoms with Gasteiger partial charge in [-0.2, -0.15) is 0 Å². The van der Waals surface area contributed by atoms with Crippen LogP contribution in [-0.2, 0) is 0 Å². The van der Waals surface area contributed by atoms with Gasteiger partial charge in [0.15, 0.2) is 0 Å². The maximum atomic E-state index is 11.2. The number of fused-ring (bicyclic) bond motifs is 3. The van der Waals surface area contributed by atoms with Gasteiger partial charge in [0.25, 0.3) is 5.69 Å². The molecule has 0 radical (unpaired) electrons. The molecule has 1 aliphatic heterocycles. The number of anilines is 1. The highest BCUT2D eigenvalue weighted by Gasteiger charge is 2.39. The molecule has 2 aromatic carbocycles. The Bertz CT molecular complexity index is 913. The highest BCUT2D eigenvalue weighted by atomic mass is 35.5. The first kappa shape index (κ1) is 16.7. The van der Waals surface area contributed by atoms with E-state index in [1.54, 1.807) is 18.2 Å². The first-order valence-corrected chi connectivity index (χ1v) is 8.95. The lowest BCUT2D eigenvalue weighted by molar-refractivity contribution is -0.384. The van der Waals surface area contributed by atoms with Crippen LogP contribution in [0.5, 0.6) is 0 Å². The molecule has 1 N–H and O–H groups in total. The van der Waals surface area contributed by atoms with Crippen molar-refractivity contribution in [3.63, 3.8) is 0 Å². The number of nitro benzene ring substituents is 1. The van der Waals surface area contributed by atoms with Gasteiger partial charge in [0.1, 0.15) is 5.02 Å². The Morgan fingerprint density at radius 2 is 1.92 bits per heavy atom. The summed E-state index contributed by atoms with van der Waals surface area (Å²) in [6.45, 7) is 0. The van der Waals surface area contributed by atoms with Crippen LogP contribution in [0.4, 0.5) is 11.4 Å². The van der Waals surface area contributed by atoms with E-state index in [1.165, 1.54) is 0 Å². The molecule has 0 aromatic heterocycles. The van der Waals surface area contributed by atoms with E-state index in [9.17, 15) is 10.1 Å². The highest BCUT2D eigenvalue weighted by molar-refractivity contribution is 6.35. The molecule has 2 aromatic rings. The number of hydrogen-bond donors (Lipinski definition) is 1. The number of hydrogen-bond acceptors (Lipinski definition) is 3. The molecule has 128 valence electrons. The molecule has 4 rings (SSSR count). The van der Waals surface area contributed by atoms with Crippen molar-refractivity contribution in [3.8, 4) is 0 Å². The summed E-state index contributed by atoms with van der Waals surface area (Å²) in [5.74, 6) is 0.382. The summed E-state index contributed by atoms with van der Waals surface area (Å²) in [5.41, 5.74) is 2.65. The quantitative estimate of drug-likeness (QED) is 0.364. The third kappa shape index (κ3) is 2.78. The molecule has 4 nitrogen and oxygen atoms in total. The lowest BCUT2D eigenvalue weighted by Crippen LogP contribution is -2.29. The van der Waals surface area contributed by atoms with Crippen molar-refractivity contribution in [2.45, 2.75) is 18.4 Å². The van der Waals surface area contributed by atoms with E-state index in [2.05, 4.69) is 17.5 Å². The number of allylic oxidation sites excluding steroid dienone is 2. The second-order valence-electron chi connectivity index (χ2n) is 6.29. The largest absolute Gasteiger partial charge is 0.378 e. The van der Waals surface area contributed by atoms with Crippen molar-refractivity contribution < 1.29 is 4.92 Å². The average molecular weight is 396 g/mol. The van der Waals surface area contributed by atoms with Gasteiger partial charge in [0.2, 0.25) is 0 Å². The summed E-state index contributed by atoms with van der Waals surface area (Å²) in [6.07, 6.45) is 5.16. The smallest absolute Gasteiger partial charge is 0.288 e. The Balaban J connectivity index is 1.82. The second kappa shape index (κ2) is 6.20. The molecule has 3 atom stereocenters. The fourth-order valence-electron chi connectivity index (χ4n) is 3.84. The molecule has 1 aliphatic carbocycles. The second-order valence-corrected chi connectivity index (χ2v) is 7.54. The van der Waals surface area contributed by atoms with Gasteiger partial charge in [-0.15, -0.1) is 0 Å². The Morgan fingerprint density at radius 3 is 2.68 bits per heavy atom. The Kier molecular flexibility index (Phi) is 4.14. The fraction of sp³-hybridized carbons (Fsp3) is 0.222. The summed E-state index contributed by atoms with van der Waals surface area (Å²) < 4.78 is 0. The van der Waals surface area contributed by atoms with Gasteiger partial charge in [0.05, 0.1) is 11.0 Å². The van der Waals surface area contributed by atoms with Gasteiger partial charge in [0, 0.05) is 33.3 Å². The van der Waals surface area contributed by atoms with Gasteiger partial charge in [-0.05, 0) is 36.1 Å². The van der Waals surface area contributed by atoms with Crippen molar-refractivity contribution in [2.75, 3.05) is 5.32 Å². The van der Waals surface area contributed by atoms with Crippen LogP contribution in [-0.4, -0.2) is 4.92 Å². The zero-order valence-corrected chi connectivity index (χ0v) is 15.1. The maximum absolute atomic E-state index is 11.2. The van der Waals surface area contributed by atoms with Crippen molar-refractivity contribution >= 4 is 46.2 Å². The van der Waals surface area contributed by atoms with Crippen LogP contribution >= 0.6 is 34.8 Å². The van der Waals surface area contributed by atoms with E-state index in [1.807, 2.05) is 12.1 Å². The predicted molar refractivity (Wildman–Crippen MR) is 101 cm³/mol. The topological polar surface area (TPSA) is 55.2 Å². The molecule has 0 unspecified atom stereocenters. The zero-order chi connectivity index (χ0) is 17.7. The van der Waals surface area contributed by atoms with E-state index >= 15 is 0 Å². The van der Waals surface area contributed by atoms with E-state index in [0.717, 1.165) is 23.2 Å². The van der Waals surface area contributed by atoms with Gasteiger partial charge >= 0.3 is 0 Å². The van der Waals surface area contributed by atoms with E-state index in [0.29, 0.717) is 10.0 Å². The van der Waals surface area contributed by atoms with Crippen LogP contribution in [0.2, 0.25) is 15.1 Å². The molecule has 1 heterocycles. The third-order valence-electron chi connectivity index (χ3n) is 4.91. The Labute approximate surface area is 159 Å². The molecule has 7 heteroatoms. The van der Waals surface area contributed by atoms with Crippen molar-refractivity contribution in [3.05, 3.63) is 78.8 Å². The summed E-state index contributed by atoms with van der Waals surface area (Å²) in [4.78, 5) is 10.8. The predicted octanol–water partition coefficient (Wildman–Crippen LogP) is 6.38. The van der Waals surface area contributed by atoms with Crippen LogP contribution < -0.4 is 5.32 Å². The number of halogens is 3. The maximum Gasteiger partial charge on any atom is 0.288 e. The molecule has 0 spiro atoms. The van der Waals surface area contributed by atoms with E-state index < -0.39 is 4.92 Å². The molecule has 0 amide bonds. The number of nitrogens with one attached hydrogen (secondary N) is 1. The molecular formula is C18H13Cl3N2O2. The van der Waals surface area contributed by atoms with Crippen LogP contribution in [0.15, 0.2) is 42.5 Å². The van der Waals surface area contributed by atoms with Crippen molar-refractivity contribution in [1.82, 2.24) is 0 Å². The monoisotopic (exact) mass is 394 g/mol. The summed E-state index contributed by atoms with van der Waals surface area (Å²) in [7, 11) is 0.